The van der Waals surface area contributed by atoms with Gasteiger partial charge in [-0.2, -0.15) is 0 Å². The summed E-state index contributed by atoms with van der Waals surface area (Å²) >= 11 is 0. The molecule has 3 heteroatoms. The molecule has 1 aromatic carbocycles. The SMILES string of the molecule is Cc1cccc(CN(C)Cc2ccc(N)cc2)n1. The van der Waals surface area contributed by atoms with Crippen molar-refractivity contribution < 1.29 is 0 Å². The van der Waals surface area contributed by atoms with Gasteiger partial charge in [-0.25, -0.2) is 0 Å². The molecule has 0 aliphatic rings. The molecule has 0 unspecified atom stereocenters. The third-order valence-electron chi connectivity index (χ3n) is 2.81. The van der Waals surface area contributed by atoms with Gasteiger partial charge in [0.2, 0.25) is 0 Å². The minimum atomic E-state index is 0.807. The fraction of sp³-hybridized carbons (Fsp3) is 0.267. The van der Waals surface area contributed by atoms with Crippen molar-refractivity contribution in [1.29, 1.82) is 0 Å². The van der Waals surface area contributed by atoms with Crippen LogP contribution in [0.15, 0.2) is 42.5 Å². The number of pyridine rings is 1. The molecule has 0 saturated carbocycles. The molecular weight excluding hydrogens is 222 g/mol. The molecule has 0 radical (unpaired) electrons. The lowest BCUT2D eigenvalue weighted by Crippen LogP contribution is -2.18. The molecule has 1 aromatic heterocycles. The second-order valence-corrected chi connectivity index (χ2v) is 4.68. The first-order valence-corrected chi connectivity index (χ1v) is 6.09. The quantitative estimate of drug-likeness (QED) is 0.837. The minimum absolute atomic E-state index is 0.807. The van der Waals surface area contributed by atoms with Gasteiger partial charge in [0.15, 0.2) is 0 Å². The van der Waals surface area contributed by atoms with Gasteiger partial charge in [0.25, 0.3) is 0 Å². The molecular formula is C15H19N3. The van der Waals surface area contributed by atoms with Gasteiger partial charge in [0.1, 0.15) is 0 Å². The third-order valence-corrected chi connectivity index (χ3v) is 2.81. The van der Waals surface area contributed by atoms with Crippen molar-refractivity contribution in [3.63, 3.8) is 0 Å². The number of aryl methyl sites for hydroxylation is 1. The Hall–Kier alpha value is -1.87. The number of anilines is 1. The number of rotatable bonds is 4. The van der Waals surface area contributed by atoms with E-state index in [0.717, 1.165) is 30.2 Å². The van der Waals surface area contributed by atoms with E-state index < -0.39 is 0 Å². The minimum Gasteiger partial charge on any atom is -0.399 e. The summed E-state index contributed by atoms with van der Waals surface area (Å²) in [7, 11) is 2.10. The summed E-state index contributed by atoms with van der Waals surface area (Å²) in [5, 5.41) is 0. The van der Waals surface area contributed by atoms with Gasteiger partial charge in [0, 0.05) is 24.5 Å². The summed E-state index contributed by atoms with van der Waals surface area (Å²) in [6.45, 7) is 3.77. The fourth-order valence-corrected chi connectivity index (χ4v) is 1.95. The van der Waals surface area contributed by atoms with Gasteiger partial charge in [0.05, 0.1) is 5.69 Å². The molecule has 0 atom stereocenters. The highest BCUT2D eigenvalue weighted by molar-refractivity contribution is 5.39. The van der Waals surface area contributed by atoms with Gasteiger partial charge < -0.3 is 5.73 Å². The summed E-state index contributed by atoms with van der Waals surface area (Å²) in [4.78, 5) is 6.75. The van der Waals surface area contributed by atoms with Crippen LogP contribution in [0.5, 0.6) is 0 Å². The maximum absolute atomic E-state index is 5.67. The van der Waals surface area contributed by atoms with Crippen LogP contribution in [-0.2, 0) is 13.1 Å². The highest BCUT2D eigenvalue weighted by atomic mass is 15.1. The number of nitrogens with two attached hydrogens (primary N) is 1. The van der Waals surface area contributed by atoms with Gasteiger partial charge in [-0.15, -0.1) is 0 Å². The van der Waals surface area contributed by atoms with Crippen molar-refractivity contribution in [1.82, 2.24) is 9.88 Å². The van der Waals surface area contributed by atoms with Crippen LogP contribution >= 0.6 is 0 Å². The van der Waals surface area contributed by atoms with E-state index in [0.29, 0.717) is 0 Å². The molecule has 2 N–H and O–H groups in total. The monoisotopic (exact) mass is 241 g/mol. The van der Waals surface area contributed by atoms with Crippen LogP contribution in [0.4, 0.5) is 5.69 Å². The lowest BCUT2D eigenvalue weighted by Gasteiger charge is -2.16. The van der Waals surface area contributed by atoms with Crippen LogP contribution in [0.3, 0.4) is 0 Å². The van der Waals surface area contributed by atoms with Gasteiger partial charge >= 0.3 is 0 Å². The van der Waals surface area contributed by atoms with E-state index >= 15 is 0 Å². The first-order valence-electron chi connectivity index (χ1n) is 6.09. The van der Waals surface area contributed by atoms with E-state index in [9.17, 15) is 0 Å². The standard InChI is InChI=1S/C15H19N3/c1-12-4-3-5-15(17-12)11-18(2)10-13-6-8-14(16)9-7-13/h3-9H,10-11,16H2,1-2H3. The van der Waals surface area contributed by atoms with Crippen LogP contribution < -0.4 is 5.73 Å². The predicted octanol–water partition coefficient (Wildman–Crippen LogP) is 2.60. The van der Waals surface area contributed by atoms with E-state index in [4.69, 9.17) is 5.73 Å². The summed E-state index contributed by atoms with van der Waals surface area (Å²) in [5.74, 6) is 0. The Balaban J connectivity index is 1.96. The largest absolute Gasteiger partial charge is 0.399 e. The van der Waals surface area contributed by atoms with Gasteiger partial charge in [-0.1, -0.05) is 18.2 Å². The molecule has 1 heterocycles. The Morgan fingerprint density at radius 2 is 1.78 bits per heavy atom. The summed E-state index contributed by atoms with van der Waals surface area (Å²) in [5.41, 5.74) is 9.91. The van der Waals surface area contributed by atoms with Gasteiger partial charge in [-0.05, 0) is 43.8 Å². The smallest absolute Gasteiger partial charge is 0.0547 e. The number of benzene rings is 1. The molecule has 94 valence electrons. The van der Waals surface area contributed by atoms with Crippen LogP contribution in [0, 0.1) is 6.92 Å². The summed E-state index contributed by atoms with van der Waals surface area (Å²) in [6, 6.07) is 14.1. The van der Waals surface area contributed by atoms with Crippen molar-refractivity contribution >= 4 is 5.69 Å². The zero-order valence-electron chi connectivity index (χ0n) is 10.9. The number of hydrogen-bond acceptors (Lipinski definition) is 3. The van der Waals surface area contributed by atoms with E-state index in [2.05, 4.69) is 41.2 Å². The molecule has 3 nitrogen and oxygen atoms in total. The number of aromatic nitrogens is 1. The zero-order chi connectivity index (χ0) is 13.0. The van der Waals surface area contributed by atoms with Crippen molar-refractivity contribution in [3.8, 4) is 0 Å². The van der Waals surface area contributed by atoms with E-state index in [1.165, 1.54) is 5.56 Å². The first-order chi connectivity index (χ1) is 8.63. The lowest BCUT2D eigenvalue weighted by atomic mass is 10.2. The van der Waals surface area contributed by atoms with Crippen molar-refractivity contribution in [2.24, 2.45) is 0 Å². The van der Waals surface area contributed by atoms with E-state index in [1.807, 2.05) is 25.1 Å². The number of nitrogen functional groups attached to an aromatic ring is 1. The van der Waals surface area contributed by atoms with E-state index in [1.54, 1.807) is 0 Å². The van der Waals surface area contributed by atoms with Crippen molar-refractivity contribution in [3.05, 3.63) is 59.4 Å². The van der Waals surface area contributed by atoms with Crippen LogP contribution in [0.2, 0.25) is 0 Å². The van der Waals surface area contributed by atoms with E-state index in [-0.39, 0.29) is 0 Å². The second-order valence-electron chi connectivity index (χ2n) is 4.68. The molecule has 0 aliphatic heterocycles. The molecule has 0 amide bonds. The predicted molar refractivity (Wildman–Crippen MR) is 75.0 cm³/mol. The molecule has 2 aromatic rings. The molecule has 0 saturated heterocycles. The lowest BCUT2D eigenvalue weighted by molar-refractivity contribution is 0.315. The third kappa shape index (κ3) is 3.57. The molecule has 0 fully saturated rings. The maximum atomic E-state index is 5.67. The fourth-order valence-electron chi connectivity index (χ4n) is 1.95. The van der Waals surface area contributed by atoms with Crippen LogP contribution in [0.1, 0.15) is 17.0 Å². The Bertz CT molecular complexity index is 505. The zero-order valence-corrected chi connectivity index (χ0v) is 10.9. The topological polar surface area (TPSA) is 42.1 Å². The van der Waals surface area contributed by atoms with Crippen molar-refractivity contribution in [2.45, 2.75) is 20.0 Å². The molecule has 0 bridgehead atoms. The Morgan fingerprint density at radius 1 is 1.06 bits per heavy atom. The number of hydrogen-bond donors (Lipinski definition) is 1. The van der Waals surface area contributed by atoms with Gasteiger partial charge in [-0.3, -0.25) is 9.88 Å². The second kappa shape index (κ2) is 5.65. The average molecular weight is 241 g/mol. The summed E-state index contributed by atoms with van der Waals surface area (Å²) < 4.78 is 0. The average Bonchev–Trinajstić information content (AvgIpc) is 2.32. The highest BCUT2D eigenvalue weighted by Gasteiger charge is 2.03. The summed E-state index contributed by atoms with van der Waals surface area (Å²) in [6.07, 6.45) is 0. The molecule has 2 rings (SSSR count). The highest BCUT2D eigenvalue weighted by Crippen LogP contribution is 2.09. The Morgan fingerprint density at radius 3 is 2.44 bits per heavy atom. The maximum Gasteiger partial charge on any atom is 0.0547 e. The number of nitrogens with zero attached hydrogens (tertiary/aromatic N) is 2. The molecule has 18 heavy (non-hydrogen) atoms. The Labute approximate surface area is 108 Å². The van der Waals surface area contributed by atoms with Crippen LogP contribution in [-0.4, -0.2) is 16.9 Å². The Kier molecular flexibility index (Phi) is 3.95. The first kappa shape index (κ1) is 12.6. The van der Waals surface area contributed by atoms with Crippen molar-refractivity contribution in [2.75, 3.05) is 12.8 Å². The van der Waals surface area contributed by atoms with Crippen LogP contribution in [0.25, 0.3) is 0 Å². The molecule has 0 spiro atoms. The normalized spacial score (nSPS) is 10.8. The molecule has 0 aliphatic carbocycles.